The molecule has 0 saturated heterocycles. The highest BCUT2D eigenvalue weighted by atomic mass is 19.1. The second kappa shape index (κ2) is 6.89. The molecular weight excluding hydrogens is 311 g/mol. The predicted octanol–water partition coefficient (Wildman–Crippen LogP) is 1.92. The lowest BCUT2D eigenvalue weighted by Gasteiger charge is -2.29. The van der Waals surface area contributed by atoms with Crippen molar-refractivity contribution < 1.29 is 19.1 Å². The Morgan fingerprint density at radius 2 is 2.04 bits per heavy atom. The normalized spacial score (nSPS) is 19.2. The number of carbonyl (C=O) groups excluding carboxylic acids is 2. The van der Waals surface area contributed by atoms with Crippen LogP contribution in [0.1, 0.15) is 44.1 Å². The Morgan fingerprint density at radius 3 is 2.79 bits per heavy atom. The zero-order valence-corrected chi connectivity index (χ0v) is 13.7. The average Bonchev–Trinajstić information content (AvgIpc) is 2.99. The van der Waals surface area contributed by atoms with Crippen LogP contribution >= 0.6 is 0 Å². The third-order valence-corrected chi connectivity index (χ3v) is 4.95. The Balaban J connectivity index is 1.56. The number of fused-ring (bicyclic) bond motifs is 1. The highest BCUT2D eigenvalue weighted by Gasteiger charge is 2.31. The molecule has 0 atom stereocenters. The maximum absolute atomic E-state index is 13.3. The molecule has 1 aromatic rings. The number of aryl methyl sites for hydroxylation is 1. The van der Waals surface area contributed by atoms with E-state index in [1.54, 1.807) is 11.0 Å². The molecule has 0 spiro atoms. The fourth-order valence-electron chi connectivity index (χ4n) is 3.55. The second-order valence-electron chi connectivity index (χ2n) is 6.78. The van der Waals surface area contributed by atoms with E-state index in [-0.39, 0.29) is 37.1 Å². The first-order valence-corrected chi connectivity index (χ1v) is 8.55. The van der Waals surface area contributed by atoms with Crippen molar-refractivity contribution in [2.75, 3.05) is 18.0 Å². The van der Waals surface area contributed by atoms with Gasteiger partial charge in [-0.05, 0) is 43.0 Å². The molecule has 0 radical (unpaired) electrons. The molecule has 2 amide bonds. The van der Waals surface area contributed by atoms with Crippen LogP contribution in [0, 0.1) is 5.82 Å². The standard InChI is InChI=1S/C18H23FN2O3/c19-14-4-5-15-13(11-14)3-6-17(23)21(15)10-7-16(22)20-12-18(24)8-1-2-9-18/h4-5,11,24H,1-3,6-10,12H2,(H,20,22). The first kappa shape index (κ1) is 16.9. The molecule has 0 aromatic heterocycles. The smallest absolute Gasteiger partial charge is 0.227 e. The number of halogens is 1. The van der Waals surface area contributed by atoms with Gasteiger partial charge in [0.25, 0.3) is 0 Å². The van der Waals surface area contributed by atoms with Gasteiger partial charge in [0, 0.05) is 31.6 Å². The number of anilines is 1. The molecule has 130 valence electrons. The molecule has 1 aliphatic heterocycles. The molecular formula is C18H23FN2O3. The number of hydrogen-bond donors (Lipinski definition) is 2. The summed E-state index contributed by atoms with van der Waals surface area (Å²) in [6.45, 7) is 0.531. The predicted molar refractivity (Wildman–Crippen MR) is 88.1 cm³/mol. The first-order valence-electron chi connectivity index (χ1n) is 8.55. The third-order valence-electron chi connectivity index (χ3n) is 4.95. The molecule has 24 heavy (non-hydrogen) atoms. The molecule has 6 heteroatoms. The van der Waals surface area contributed by atoms with Gasteiger partial charge < -0.3 is 15.3 Å². The Labute approximate surface area is 140 Å². The lowest BCUT2D eigenvalue weighted by molar-refractivity contribution is -0.122. The van der Waals surface area contributed by atoms with Crippen molar-refractivity contribution in [3.05, 3.63) is 29.6 Å². The number of aliphatic hydroxyl groups is 1. The van der Waals surface area contributed by atoms with Crippen LogP contribution in [-0.2, 0) is 16.0 Å². The van der Waals surface area contributed by atoms with Crippen molar-refractivity contribution >= 4 is 17.5 Å². The van der Waals surface area contributed by atoms with Gasteiger partial charge in [-0.1, -0.05) is 12.8 Å². The molecule has 1 heterocycles. The fraction of sp³-hybridized carbons (Fsp3) is 0.556. The first-order chi connectivity index (χ1) is 11.5. The molecule has 1 aromatic carbocycles. The quantitative estimate of drug-likeness (QED) is 0.864. The molecule has 2 N–H and O–H groups in total. The number of hydrogen-bond acceptors (Lipinski definition) is 3. The van der Waals surface area contributed by atoms with Crippen molar-refractivity contribution in [1.29, 1.82) is 0 Å². The van der Waals surface area contributed by atoms with Gasteiger partial charge in [0.1, 0.15) is 5.82 Å². The third kappa shape index (κ3) is 3.75. The van der Waals surface area contributed by atoms with E-state index in [2.05, 4.69) is 5.32 Å². The van der Waals surface area contributed by atoms with Gasteiger partial charge in [0.15, 0.2) is 0 Å². The van der Waals surface area contributed by atoms with Crippen molar-refractivity contribution in [3.63, 3.8) is 0 Å². The van der Waals surface area contributed by atoms with Gasteiger partial charge in [-0.3, -0.25) is 9.59 Å². The number of amides is 2. The maximum Gasteiger partial charge on any atom is 0.227 e. The Morgan fingerprint density at radius 1 is 1.29 bits per heavy atom. The van der Waals surface area contributed by atoms with Crippen LogP contribution in [0.3, 0.4) is 0 Å². The van der Waals surface area contributed by atoms with E-state index < -0.39 is 5.60 Å². The Bertz CT molecular complexity index is 641. The van der Waals surface area contributed by atoms with Crippen molar-refractivity contribution in [2.45, 2.75) is 50.5 Å². The molecule has 5 nitrogen and oxygen atoms in total. The highest BCUT2D eigenvalue weighted by Crippen LogP contribution is 2.29. The summed E-state index contributed by atoms with van der Waals surface area (Å²) >= 11 is 0. The Kier molecular flexibility index (Phi) is 4.85. The molecule has 2 aliphatic rings. The lowest BCUT2D eigenvalue weighted by atomic mass is 10.0. The van der Waals surface area contributed by atoms with Gasteiger partial charge in [-0.2, -0.15) is 0 Å². The minimum absolute atomic E-state index is 0.0451. The molecule has 3 rings (SSSR count). The van der Waals surface area contributed by atoms with E-state index in [0.717, 1.165) is 31.2 Å². The lowest BCUT2D eigenvalue weighted by Crippen LogP contribution is -2.42. The minimum Gasteiger partial charge on any atom is -0.388 e. The number of nitrogens with zero attached hydrogens (tertiary/aromatic N) is 1. The Hall–Kier alpha value is -1.95. The molecule has 1 aliphatic carbocycles. The molecule has 0 unspecified atom stereocenters. The van der Waals surface area contributed by atoms with Gasteiger partial charge in [-0.15, -0.1) is 0 Å². The maximum atomic E-state index is 13.3. The van der Waals surface area contributed by atoms with Crippen LogP contribution in [0.4, 0.5) is 10.1 Å². The van der Waals surface area contributed by atoms with E-state index >= 15 is 0 Å². The highest BCUT2D eigenvalue weighted by molar-refractivity contribution is 5.97. The van der Waals surface area contributed by atoms with Crippen LogP contribution in [0.2, 0.25) is 0 Å². The summed E-state index contributed by atoms with van der Waals surface area (Å²) < 4.78 is 13.3. The van der Waals surface area contributed by atoms with Crippen LogP contribution in [0.15, 0.2) is 18.2 Å². The summed E-state index contributed by atoms with van der Waals surface area (Å²) in [4.78, 5) is 25.7. The van der Waals surface area contributed by atoms with Crippen molar-refractivity contribution in [3.8, 4) is 0 Å². The number of nitrogens with one attached hydrogen (secondary N) is 1. The summed E-state index contributed by atoms with van der Waals surface area (Å²) in [5.74, 6) is -0.542. The fourth-order valence-corrected chi connectivity index (χ4v) is 3.55. The van der Waals surface area contributed by atoms with Crippen LogP contribution in [-0.4, -0.2) is 35.6 Å². The van der Waals surface area contributed by atoms with E-state index in [9.17, 15) is 19.1 Å². The van der Waals surface area contributed by atoms with Gasteiger partial charge in [0.2, 0.25) is 11.8 Å². The monoisotopic (exact) mass is 334 g/mol. The van der Waals surface area contributed by atoms with Crippen LogP contribution < -0.4 is 10.2 Å². The summed E-state index contributed by atoms with van der Waals surface area (Å²) in [7, 11) is 0. The molecule has 1 fully saturated rings. The van der Waals surface area contributed by atoms with Crippen molar-refractivity contribution in [1.82, 2.24) is 5.32 Å². The topological polar surface area (TPSA) is 69.6 Å². The van der Waals surface area contributed by atoms with Crippen molar-refractivity contribution in [2.24, 2.45) is 0 Å². The average molecular weight is 334 g/mol. The van der Waals surface area contributed by atoms with Gasteiger partial charge in [0.05, 0.1) is 5.60 Å². The largest absolute Gasteiger partial charge is 0.388 e. The van der Waals surface area contributed by atoms with Gasteiger partial charge >= 0.3 is 0 Å². The second-order valence-corrected chi connectivity index (χ2v) is 6.78. The summed E-state index contributed by atoms with van der Waals surface area (Å²) in [5, 5.41) is 13.0. The van der Waals surface area contributed by atoms with E-state index in [1.165, 1.54) is 12.1 Å². The van der Waals surface area contributed by atoms with Crippen LogP contribution in [0.5, 0.6) is 0 Å². The summed E-state index contributed by atoms with van der Waals surface area (Å²) in [6, 6.07) is 4.38. The SMILES string of the molecule is O=C(CCN1C(=O)CCc2cc(F)ccc21)NCC1(O)CCCC1. The number of carbonyl (C=O) groups is 2. The van der Waals surface area contributed by atoms with Crippen LogP contribution in [0.25, 0.3) is 0 Å². The zero-order chi connectivity index (χ0) is 17.2. The number of benzene rings is 1. The van der Waals surface area contributed by atoms with E-state index in [1.807, 2.05) is 0 Å². The molecule has 0 bridgehead atoms. The summed E-state index contributed by atoms with van der Waals surface area (Å²) in [5.41, 5.74) is 0.714. The minimum atomic E-state index is -0.777. The van der Waals surface area contributed by atoms with E-state index in [4.69, 9.17) is 0 Å². The van der Waals surface area contributed by atoms with Gasteiger partial charge in [-0.25, -0.2) is 4.39 Å². The number of rotatable bonds is 5. The van der Waals surface area contributed by atoms with E-state index in [0.29, 0.717) is 18.5 Å². The zero-order valence-electron chi connectivity index (χ0n) is 13.7. The summed E-state index contributed by atoms with van der Waals surface area (Å²) in [6.07, 6.45) is 4.44. The molecule has 1 saturated carbocycles.